The average Bonchev–Trinajstić information content (AvgIpc) is 3.46. The maximum absolute atomic E-state index is 13.6. The van der Waals surface area contributed by atoms with E-state index in [0.29, 0.717) is 16.5 Å². The molecule has 1 aliphatic heterocycles. The van der Waals surface area contributed by atoms with Gasteiger partial charge in [-0.2, -0.15) is 10.1 Å². The third-order valence-electron chi connectivity index (χ3n) is 7.46. The van der Waals surface area contributed by atoms with Crippen molar-refractivity contribution >= 4 is 29.6 Å². The minimum atomic E-state index is -0.451. The van der Waals surface area contributed by atoms with E-state index < -0.39 is 11.8 Å². The summed E-state index contributed by atoms with van der Waals surface area (Å²) in [5.74, 6) is -0.621. The molecule has 1 fully saturated rings. The highest BCUT2D eigenvalue weighted by Crippen LogP contribution is 2.60. The van der Waals surface area contributed by atoms with Gasteiger partial charge in [0.2, 0.25) is 0 Å². The van der Waals surface area contributed by atoms with Crippen LogP contribution >= 0.6 is 11.6 Å². The Bertz CT molecular complexity index is 1440. The molecule has 1 aromatic heterocycles. The molecule has 3 aliphatic carbocycles. The molecule has 2 amide bonds. The van der Waals surface area contributed by atoms with Gasteiger partial charge in [-0.15, -0.1) is 0 Å². The van der Waals surface area contributed by atoms with Crippen molar-refractivity contribution in [2.45, 2.75) is 11.8 Å². The smallest absolute Gasteiger partial charge is 0.254 e. The SMILES string of the molecule is O=C1[C@@H]2C3c4ccccc4C(c4ccccc43)[C@@H]2C(=O)N1/N=C\c1ccc(-c2cccc(Cl)c2)o1. The van der Waals surface area contributed by atoms with Crippen molar-refractivity contribution in [2.75, 3.05) is 0 Å². The van der Waals surface area contributed by atoms with Crippen LogP contribution in [-0.2, 0) is 9.59 Å². The second kappa shape index (κ2) is 7.52. The second-order valence-electron chi connectivity index (χ2n) is 9.21. The number of hydrazone groups is 1. The number of amides is 2. The quantitative estimate of drug-likeness (QED) is 0.275. The Morgan fingerprint density at radius 2 is 1.31 bits per heavy atom. The number of nitrogens with zero attached hydrogens (tertiary/aromatic N) is 2. The fraction of sp³-hybridized carbons (Fsp3) is 0.138. The van der Waals surface area contributed by atoms with E-state index in [4.69, 9.17) is 16.0 Å². The van der Waals surface area contributed by atoms with E-state index in [1.807, 2.05) is 48.5 Å². The van der Waals surface area contributed by atoms with E-state index in [0.717, 1.165) is 32.8 Å². The lowest BCUT2D eigenvalue weighted by Gasteiger charge is -2.45. The lowest BCUT2D eigenvalue weighted by Crippen LogP contribution is -2.41. The van der Waals surface area contributed by atoms with E-state index in [1.54, 1.807) is 12.1 Å². The fourth-order valence-electron chi connectivity index (χ4n) is 6.11. The lowest BCUT2D eigenvalue weighted by molar-refractivity contribution is -0.139. The standard InChI is InChI=1S/C29H19ClN2O3/c30-17-7-5-6-16(14-17)23-13-12-18(35-23)15-31-32-28(33)26-24-19-8-1-2-9-20(19)25(27(26)29(32)34)22-11-4-3-10-21(22)24/h1-15,24-27H/b31-15-/t24?,25?,26-,27+. The Labute approximate surface area is 206 Å². The van der Waals surface area contributed by atoms with Crippen molar-refractivity contribution in [2.24, 2.45) is 16.9 Å². The number of carbonyl (C=O) groups is 2. The minimum Gasteiger partial charge on any atom is -0.455 e. The van der Waals surface area contributed by atoms with Crippen LogP contribution in [0.15, 0.2) is 94.4 Å². The molecule has 35 heavy (non-hydrogen) atoms. The molecule has 2 bridgehead atoms. The van der Waals surface area contributed by atoms with Gasteiger partial charge >= 0.3 is 0 Å². The lowest BCUT2D eigenvalue weighted by atomic mass is 9.55. The van der Waals surface area contributed by atoms with Crippen molar-refractivity contribution in [3.8, 4) is 11.3 Å². The molecule has 3 aromatic carbocycles. The van der Waals surface area contributed by atoms with Crippen molar-refractivity contribution in [1.82, 2.24) is 5.01 Å². The van der Waals surface area contributed by atoms with Gasteiger partial charge in [0.05, 0.1) is 18.1 Å². The number of benzene rings is 3. The van der Waals surface area contributed by atoms with Gasteiger partial charge in [-0.1, -0.05) is 72.3 Å². The molecule has 0 radical (unpaired) electrons. The van der Waals surface area contributed by atoms with Gasteiger partial charge < -0.3 is 4.42 Å². The highest BCUT2D eigenvalue weighted by molar-refractivity contribution is 6.30. The Kier molecular flexibility index (Phi) is 4.39. The van der Waals surface area contributed by atoms with Crippen LogP contribution in [0.3, 0.4) is 0 Å². The number of imide groups is 1. The minimum absolute atomic E-state index is 0.146. The van der Waals surface area contributed by atoms with E-state index in [9.17, 15) is 9.59 Å². The van der Waals surface area contributed by atoms with Gasteiger partial charge in [-0.3, -0.25) is 9.59 Å². The molecule has 6 heteroatoms. The topological polar surface area (TPSA) is 62.9 Å². The van der Waals surface area contributed by atoms with E-state index in [1.165, 1.54) is 6.21 Å². The monoisotopic (exact) mass is 478 g/mol. The number of hydrogen-bond acceptors (Lipinski definition) is 4. The molecule has 1 saturated heterocycles. The van der Waals surface area contributed by atoms with E-state index >= 15 is 0 Å². The van der Waals surface area contributed by atoms with E-state index in [-0.39, 0.29) is 23.7 Å². The average molecular weight is 479 g/mol. The predicted octanol–water partition coefficient (Wildman–Crippen LogP) is 5.83. The van der Waals surface area contributed by atoms with Crippen LogP contribution in [-0.4, -0.2) is 23.0 Å². The zero-order valence-corrected chi connectivity index (χ0v) is 19.2. The summed E-state index contributed by atoms with van der Waals surface area (Å²) in [5, 5.41) is 5.98. The summed E-state index contributed by atoms with van der Waals surface area (Å²) in [5.41, 5.74) is 5.40. The molecule has 8 rings (SSSR count). The summed E-state index contributed by atoms with van der Waals surface area (Å²) >= 11 is 6.09. The summed E-state index contributed by atoms with van der Waals surface area (Å²) in [4.78, 5) is 27.2. The Hall–Kier alpha value is -3.96. The molecule has 0 saturated carbocycles. The predicted molar refractivity (Wildman–Crippen MR) is 132 cm³/mol. The first-order valence-electron chi connectivity index (χ1n) is 11.6. The molecule has 4 aromatic rings. The van der Waals surface area contributed by atoms with Gasteiger partial charge in [0.25, 0.3) is 11.8 Å². The first-order chi connectivity index (χ1) is 17.1. The molecule has 0 spiro atoms. The van der Waals surface area contributed by atoms with Gasteiger partial charge in [-0.05, 0) is 46.5 Å². The second-order valence-corrected chi connectivity index (χ2v) is 9.65. The van der Waals surface area contributed by atoms with Gasteiger partial charge in [0.1, 0.15) is 11.5 Å². The normalized spacial score (nSPS) is 24.1. The van der Waals surface area contributed by atoms with Crippen LogP contribution in [0.4, 0.5) is 0 Å². The van der Waals surface area contributed by atoms with Crippen LogP contribution < -0.4 is 0 Å². The number of rotatable bonds is 3. The molecule has 0 unspecified atom stereocenters. The first kappa shape index (κ1) is 20.4. The van der Waals surface area contributed by atoms with E-state index in [2.05, 4.69) is 29.4 Å². The Morgan fingerprint density at radius 1 is 0.743 bits per heavy atom. The first-order valence-corrected chi connectivity index (χ1v) is 11.9. The fourth-order valence-corrected chi connectivity index (χ4v) is 6.30. The van der Waals surface area contributed by atoms with Crippen molar-refractivity contribution in [1.29, 1.82) is 0 Å². The summed E-state index contributed by atoms with van der Waals surface area (Å²) in [7, 11) is 0. The largest absolute Gasteiger partial charge is 0.455 e. The van der Waals surface area contributed by atoms with Crippen molar-refractivity contribution in [3.05, 3.63) is 118 Å². The molecule has 170 valence electrons. The van der Waals surface area contributed by atoms with Crippen molar-refractivity contribution in [3.63, 3.8) is 0 Å². The molecule has 0 N–H and O–H groups in total. The molecule has 5 nitrogen and oxygen atoms in total. The van der Waals surface area contributed by atoms with Gasteiger partial charge in [-0.25, -0.2) is 0 Å². The third kappa shape index (κ3) is 2.91. The zero-order valence-electron chi connectivity index (χ0n) is 18.5. The van der Waals surface area contributed by atoms with Crippen LogP contribution in [0.5, 0.6) is 0 Å². The Morgan fingerprint density at radius 3 is 1.86 bits per heavy atom. The van der Waals surface area contributed by atoms with Gasteiger partial charge in [0.15, 0.2) is 0 Å². The van der Waals surface area contributed by atoms with Crippen LogP contribution in [0.1, 0.15) is 39.8 Å². The number of furan rings is 1. The molecule has 2 heterocycles. The molecular weight excluding hydrogens is 460 g/mol. The van der Waals surface area contributed by atoms with Crippen LogP contribution in [0, 0.1) is 11.8 Å². The van der Waals surface area contributed by atoms with Crippen LogP contribution in [0.25, 0.3) is 11.3 Å². The summed E-state index contributed by atoms with van der Waals surface area (Å²) in [6.07, 6.45) is 1.43. The third-order valence-corrected chi connectivity index (χ3v) is 7.70. The van der Waals surface area contributed by atoms with Gasteiger partial charge in [0, 0.05) is 22.4 Å². The highest BCUT2D eigenvalue weighted by atomic mass is 35.5. The molecule has 2 atom stereocenters. The summed E-state index contributed by atoms with van der Waals surface area (Å²) < 4.78 is 5.87. The summed E-state index contributed by atoms with van der Waals surface area (Å²) in [6, 6.07) is 27.3. The van der Waals surface area contributed by atoms with Crippen LogP contribution in [0.2, 0.25) is 5.02 Å². The summed E-state index contributed by atoms with van der Waals surface area (Å²) in [6.45, 7) is 0. The maximum Gasteiger partial charge on any atom is 0.254 e. The number of carbonyl (C=O) groups excluding carboxylic acids is 2. The highest BCUT2D eigenvalue weighted by Gasteiger charge is 2.61. The number of halogens is 1. The van der Waals surface area contributed by atoms with Crippen molar-refractivity contribution < 1.29 is 14.0 Å². The molecule has 4 aliphatic rings. The Balaban J connectivity index is 1.24. The zero-order chi connectivity index (χ0) is 23.7. The number of hydrogen-bond donors (Lipinski definition) is 0. The molecular formula is C29H19ClN2O3. The maximum atomic E-state index is 13.6.